The predicted molar refractivity (Wildman–Crippen MR) is 84.5 cm³/mol. The van der Waals surface area contributed by atoms with E-state index in [9.17, 15) is 4.79 Å². The molecular weight excluding hydrogens is 284 g/mol. The van der Waals surface area contributed by atoms with Crippen LogP contribution in [-0.2, 0) is 6.54 Å². The Hall–Kier alpha value is -1.14. The molecule has 1 aromatic heterocycles. The summed E-state index contributed by atoms with van der Waals surface area (Å²) in [7, 11) is 0. The zero-order valence-electron chi connectivity index (χ0n) is 12.7. The molecule has 2 fully saturated rings. The van der Waals surface area contributed by atoms with Crippen LogP contribution in [0.4, 0.5) is 4.79 Å². The minimum absolute atomic E-state index is 0.0598. The van der Waals surface area contributed by atoms with Crippen LogP contribution in [0.1, 0.15) is 36.4 Å². The molecule has 0 aromatic carbocycles. The van der Waals surface area contributed by atoms with Crippen molar-refractivity contribution < 1.29 is 4.79 Å². The Labute approximate surface area is 130 Å². The lowest BCUT2D eigenvalue weighted by molar-refractivity contribution is 0.125. The molecular formula is C15H24N4OS. The van der Waals surface area contributed by atoms with E-state index in [1.54, 1.807) is 11.3 Å². The van der Waals surface area contributed by atoms with Crippen molar-refractivity contribution in [2.45, 2.75) is 45.2 Å². The summed E-state index contributed by atoms with van der Waals surface area (Å²) >= 11 is 1.63. The first-order valence-electron chi connectivity index (χ1n) is 7.90. The zero-order chi connectivity index (χ0) is 14.7. The molecule has 1 atom stereocenters. The Morgan fingerprint density at radius 1 is 1.38 bits per heavy atom. The number of thiazole rings is 1. The molecule has 3 heterocycles. The van der Waals surface area contributed by atoms with E-state index in [-0.39, 0.29) is 6.03 Å². The summed E-state index contributed by atoms with van der Waals surface area (Å²) in [5.41, 5.74) is 0.957. The van der Waals surface area contributed by atoms with Gasteiger partial charge in [0, 0.05) is 24.5 Å². The van der Waals surface area contributed by atoms with E-state index in [0.29, 0.717) is 12.6 Å². The van der Waals surface area contributed by atoms with Gasteiger partial charge in [-0.1, -0.05) is 0 Å². The van der Waals surface area contributed by atoms with Crippen LogP contribution >= 0.6 is 11.3 Å². The van der Waals surface area contributed by atoms with Crippen molar-refractivity contribution in [1.82, 2.24) is 20.1 Å². The van der Waals surface area contributed by atoms with Gasteiger partial charge in [-0.3, -0.25) is 4.90 Å². The van der Waals surface area contributed by atoms with Crippen molar-refractivity contribution in [3.05, 3.63) is 16.1 Å². The third-order valence-corrected chi connectivity index (χ3v) is 5.25. The maximum absolute atomic E-state index is 12.3. The normalized spacial score (nSPS) is 23.5. The molecule has 21 heavy (non-hydrogen) atoms. The fraction of sp³-hybridized carbons (Fsp3) is 0.733. The standard InChI is InChI=1S/C15H24N4OS/c1-12-17-13(11-21-12)9-16-15(20)19-8-4-5-14(10-19)18-6-2-3-7-18/h11,14H,2-10H2,1H3,(H,16,20)/t14-/m0/s1. The molecule has 0 unspecified atom stereocenters. The molecule has 116 valence electrons. The van der Waals surface area contributed by atoms with Crippen LogP contribution in [0.5, 0.6) is 0 Å². The van der Waals surface area contributed by atoms with Crippen molar-refractivity contribution in [3.63, 3.8) is 0 Å². The van der Waals surface area contributed by atoms with Gasteiger partial charge in [-0.05, 0) is 45.7 Å². The third-order valence-electron chi connectivity index (χ3n) is 4.43. The molecule has 0 radical (unpaired) electrons. The van der Waals surface area contributed by atoms with Gasteiger partial charge in [0.1, 0.15) is 0 Å². The van der Waals surface area contributed by atoms with E-state index >= 15 is 0 Å². The molecule has 0 aliphatic carbocycles. The largest absolute Gasteiger partial charge is 0.332 e. The van der Waals surface area contributed by atoms with Gasteiger partial charge in [-0.2, -0.15) is 0 Å². The summed E-state index contributed by atoms with van der Waals surface area (Å²) in [6.07, 6.45) is 4.97. The topological polar surface area (TPSA) is 48.5 Å². The second-order valence-electron chi connectivity index (χ2n) is 6.00. The van der Waals surface area contributed by atoms with Gasteiger partial charge in [0.05, 0.1) is 17.2 Å². The number of nitrogens with one attached hydrogen (secondary N) is 1. The van der Waals surface area contributed by atoms with Crippen molar-refractivity contribution in [1.29, 1.82) is 0 Å². The summed E-state index contributed by atoms with van der Waals surface area (Å²) < 4.78 is 0. The van der Waals surface area contributed by atoms with Gasteiger partial charge >= 0.3 is 6.03 Å². The first-order chi connectivity index (χ1) is 10.2. The molecule has 0 saturated carbocycles. The Morgan fingerprint density at radius 2 is 2.19 bits per heavy atom. The lowest BCUT2D eigenvalue weighted by Crippen LogP contribution is -2.51. The lowest BCUT2D eigenvalue weighted by Gasteiger charge is -2.37. The van der Waals surface area contributed by atoms with Crippen LogP contribution in [0.3, 0.4) is 0 Å². The molecule has 2 aliphatic rings. The van der Waals surface area contributed by atoms with Gasteiger partial charge in [0.25, 0.3) is 0 Å². The molecule has 2 saturated heterocycles. The maximum Gasteiger partial charge on any atom is 0.317 e. The van der Waals surface area contributed by atoms with Gasteiger partial charge in [0.2, 0.25) is 0 Å². The Kier molecular flexibility index (Phi) is 4.75. The van der Waals surface area contributed by atoms with E-state index < -0.39 is 0 Å². The number of carbonyl (C=O) groups is 1. The summed E-state index contributed by atoms with van der Waals surface area (Å²) in [6, 6.07) is 0.623. The summed E-state index contributed by atoms with van der Waals surface area (Å²) in [5.74, 6) is 0. The van der Waals surface area contributed by atoms with Crippen LogP contribution in [0, 0.1) is 6.92 Å². The van der Waals surface area contributed by atoms with Gasteiger partial charge in [-0.15, -0.1) is 11.3 Å². The number of amides is 2. The monoisotopic (exact) mass is 308 g/mol. The molecule has 0 bridgehead atoms. The highest BCUT2D eigenvalue weighted by atomic mass is 32.1. The molecule has 3 rings (SSSR count). The molecule has 5 nitrogen and oxygen atoms in total. The molecule has 2 amide bonds. The highest BCUT2D eigenvalue weighted by Crippen LogP contribution is 2.20. The minimum atomic E-state index is 0.0598. The van der Waals surface area contributed by atoms with E-state index in [4.69, 9.17) is 0 Å². The minimum Gasteiger partial charge on any atom is -0.332 e. The van der Waals surface area contributed by atoms with Gasteiger partial charge in [-0.25, -0.2) is 9.78 Å². The summed E-state index contributed by atoms with van der Waals surface area (Å²) in [5, 5.41) is 6.07. The number of hydrogen-bond acceptors (Lipinski definition) is 4. The first-order valence-corrected chi connectivity index (χ1v) is 8.78. The van der Waals surface area contributed by atoms with Crippen LogP contribution in [0.15, 0.2) is 5.38 Å². The first kappa shape index (κ1) is 14.8. The fourth-order valence-electron chi connectivity index (χ4n) is 3.31. The number of aryl methyl sites for hydroxylation is 1. The molecule has 1 N–H and O–H groups in total. The van der Waals surface area contributed by atoms with Crippen molar-refractivity contribution in [2.24, 2.45) is 0 Å². The molecule has 0 spiro atoms. The Bertz CT molecular complexity index is 484. The van der Waals surface area contributed by atoms with Crippen molar-refractivity contribution in [3.8, 4) is 0 Å². The third kappa shape index (κ3) is 3.74. The Morgan fingerprint density at radius 3 is 2.90 bits per heavy atom. The van der Waals surface area contributed by atoms with Crippen molar-refractivity contribution in [2.75, 3.05) is 26.2 Å². The lowest BCUT2D eigenvalue weighted by atomic mass is 10.0. The molecule has 6 heteroatoms. The number of rotatable bonds is 3. The van der Waals surface area contributed by atoms with E-state index in [1.165, 1.54) is 32.4 Å². The van der Waals surface area contributed by atoms with E-state index in [2.05, 4.69) is 15.2 Å². The number of piperidine rings is 1. The Balaban J connectivity index is 1.49. The second-order valence-corrected chi connectivity index (χ2v) is 7.06. The van der Waals surface area contributed by atoms with Crippen LogP contribution < -0.4 is 5.32 Å². The van der Waals surface area contributed by atoms with Crippen LogP contribution in [0.2, 0.25) is 0 Å². The fourth-order valence-corrected chi connectivity index (χ4v) is 3.92. The maximum atomic E-state index is 12.3. The highest BCUT2D eigenvalue weighted by Gasteiger charge is 2.29. The number of likely N-dealkylation sites (tertiary alicyclic amines) is 2. The number of urea groups is 1. The zero-order valence-corrected chi connectivity index (χ0v) is 13.5. The highest BCUT2D eigenvalue weighted by molar-refractivity contribution is 7.09. The average Bonchev–Trinajstić information content (AvgIpc) is 3.16. The van der Waals surface area contributed by atoms with E-state index in [1.807, 2.05) is 17.2 Å². The average molecular weight is 308 g/mol. The van der Waals surface area contributed by atoms with Gasteiger partial charge < -0.3 is 10.2 Å². The van der Waals surface area contributed by atoms with Gasteiger partial charge in [0.15, 0.2) is 0 Å². The second kappa shape index (κ2) is 6.75. The number of hydrogen-bond donors (Lipinski definition) is 1. The number of aromatic nitrogens is 1. The van der Waals surface area contributed by atoms with Crippen LogP contribution in [0.25, 0.3) is 0 Å². The molecule has 1 aromatic rings. The van der Waals surface area contributed by atoms with Crippen LogP contribution in [-0.4, -0.2) is 53.0 Å². The summed E-state index contributed by atoms with van der Waals surface area (Å²) in [6.45, 7) is 6.69. The number of nitrogens with zero attached hydrogens (tertiary/aromatic N) is 3. The van der Waals surface area contributed by atoms with E-state index in [0.717, 1.165) is 30.2 Å². The smallest absolute Gasteiger partial charge is 0.317 e. The SMILES string of the molecule is Cc1nc(CNC(=O)N2CCC[C@H](N3CCCC3)C2)cs1. The molecule has 2 aliphatic heterocycles. The predicted octanol–water partition coefficient (Wildman–Crippen LogP) is 2.22. The summed E-state index contributed by atoms with van der Waals surface area (Å²) in [4.78, 5) is 21.2. The quantitative estimate of drug-likeness (QED) is 0.931. The number of carbonyl (C=O) groups excluding carboxylic acids is 1. The van der Waals surface area contributed by atoms with Crippen molar-refractivity contribution >= 4 is 17.4 Å².